The van der Waals surface area contributed by atoms with E-state index in [-0.39, 0.29) is 12.6 Å². The number of terminal acetylenes is 1. The van der Waals surface area contributed by atoms with Crippen LogP contribution in [0.15, 0.2) is 24.3 Å². The van der Waals surface area contributed by atoms with Crippen LogP contribution in [-0.4, -0.2) is 21.0 Å². The van der Waals surface area contributed by atoms with Crippen LogP contribution >= 0.6 is 7.82 Å². The van der Waals surface area contributed by atoms with E-state index >= 15 is 0 Å². The number of fused-ring (bicyclic) bond motifs is 1. The maximum absolute atomic E-state index is 12.0. The van der Waals surface area contributed by atoms with Crippen molar-refractivity contribution in [2.75, 3.05) is 21.0 Å². The highest BCUT2D eigenvalue weighted by Crippen LogP contribution is 2.51. The number of phosphoric ester groups is 1. The number of allylic oxidation sites excluding steroid dienone is 1. The normalized spacial score (nSPS) is 13.9. The number of phosphoric acid groups is 1. The lowest BCUT2D eigenvalue weighted by atomic mass is 10.1. The molecule has 0 atom stereocenters. The molecule has 0 radical (unpaired) electrons. The average molecular weight is 296 g/mol. The molecule has 1 heterocycles. The van der Waals surface area contributed by atoms with E-state index in [1.807, 2.05) is 0 Å². The van der Waals surface area contributed by atoms with E-state index in [9.17, 15) is 4.57 Å². The number of benzene rings is 1. The van der Waals surface area contributed by atoms with Gasteiger partial charge in [-0.15, -0.1) is 6.42 Å². The standard InChI is InChI=1S/C13H13O6P/c1-4-5-11(19-20(14,15-2)16-3)10-6-7-12-13(8-10)18-9-17-12/h1,5-8H,9H2,2-3H3/b11-5-. The Labute approximate surface area is 116 Å². The van der Waals surface area contributed by atoms with Crippen LogP contribution in [-0.2, 0) is 18.1 Å². The number of hydrogen-bond acceptors (Lipinski definition) is 6. The Bertz CT molecular complexity index is 608. The van der Waals surface area contributed by atoms with Gasteiger partial charge in [-0.25, -0.2) is 4.57 Å². The lowest BCUT2D eigenvalue weighted by Gasteiger charge is -2.16. The van der Waals surface area contributed by atoms with Crippen molar-refractivity contribution in [3.05, 3.63) is 29.8 Å². The fourth-order valence-corrected chi connectivity index (χ4v) is 2.25. The highest BCUT2D eigenvalue weighted by molar-refractivity contribution is 7.48. The van der Waals surface area contributed by atoms with E-state index in [1.165, 1.54) is 20.3 Å². The van der Waals surface area contributed by atoms with Crippen molar-refractivity contribution in [2.45, 2.75) is 0 Å². The van der Waals surface area contributed by atoms with Crippen LogP contribution in [0.1, 0.15) is 5.56 Å². The van der Waals surface area contributed by atoms with Crippen LogP contribution in [0.3, 0.4) is 0 Å². The zero-order chi connectivity index (χ0) is 14.6. The maximum Gasteiger partial charge on any atom is 0.529 e. The number of rotatable bonds is 5. The molecule has 0 fully saturated rings. The van der Waals surface area contributed by atoms with E-state index in [0.717, 1.165) is 0 Å². The van der Waals surface area contributed by atoms with Gasteiger partial charge in [0.2, 0.25) is 6.79 Å². The molecule has 106 valence electrons. The third-order valence-electron chi connectivity index (χ3n) is 2.53. The van der Waals surface area contributed by atoms with E-state index in [2.05, 4.69) is 5.92 Å². The van der Waals surface area contributed by atoms with Gasteiger partial charge in [-0.1, -0.05) is 5.92 Å². The third kappa shape index (κ3) is 2.97. The minimum Gasteiger partial charge on any atom is -0.454 e. The summed E-state index contributed by atoms with van der Waals surface area (Å²) >= 11 is 0. The van der Waals surface area contributed by atoms with Gasteiger partial charge in [-0.2, -0.15) is 0 Å². The second kappa shape index (κ2) is 6.02. The molecule has 6 nitrogen and oxygen atoms in total. The van der Waals surface area contributed by atoms with Gasteiger partial charge in [-0.3, -0.25) is 9.05 Å². The van der Waals surface area contributed by atoms with Crippen LogP contribution in [0, 0.1) is 12.3 Å². The first-order valence-electron chi connectivity index (χ1n) is 5.59. The summed E-state index contributed by atoms with van der Waals surface area (Å²) in [6.07, 6.45) is 6.57. The van der Waals surface area contributed by atoms with Crippen LogP contribution < -0.4 is 9.47 Å². The SMILES string of the molecule is C#C/C=C(\OP(=O)(OC)OC)c1ccc2c(c1)OCO2. The highest BCUT2D eigenvalue weighted by atomic mass is 31.2. The lowest BCUT2D eigenvalue weighted by Crippen LogP contribution is -1.96. The van der Waals surface area contributed by atoms with Crippen LogP contribution in [0.2, 0.25) is 0 Å². The van der Waals surface area contributed by atoms with Gasteiger partial charge in [-0.05, 0) is 18.2 Å². The monoisotopic (exact) mass is 296 g/mol. The summed E-state index contributed by atoms with van der Waals surface area (Å²) in [5, 5.41) is 0. The Kier molecular flexibility index (Phi) is 4.35. The Morgan fingerprint density at radius 3 is 2.70 bits per heavy atom. The molecule has 0 N–H and O–H groups in total. The average Bonchev–Trinajstić information content (AvgIpc) is 2.94. The van der Waals surface area contributed by atoms with Crippen molar-refractivity contribution in [3.8, 4) is 23.8 Å². The molecule has 0 amide bonds. The Morgan fingerprint density at radius 1 is 1.35 bits per heavy atom. The lowest BCUT2D eigenvalue weighted by molar-refractivity contribution is 0.174. The molecule has 1 aromatic rings. The summed E-state index contributed by atoms with van der Waals surface area (Å²) in [4.78, 5) is 0. The van der Waals surface area contributed by atoms with Gasteiger partial charge in [0.05, 0.1) is 0 Å². The van der Waals surface area contributed by atoms with Gasteiger partial charge in [0, 0.05) is 25.9 Å². The summed E-state index contributed by atoms with van der Waals surface area (Å²) in [7, 11) is -1.25. The van der Waals surface area contributed by atoms with E-state index in [0.29, 0.717) is 17.1 Å². The largest absolute Gasteiger partial charge is 0.529 e. The first-order chi connectivity index (χ1) is 9.61. The van der Waals surface area contributed by atoms with E-state index < -0.39 is 7.82 Å². The molecule has 1 aliphatic heterocycles. The van der Waals surface area contributed by atoms with Gasteiger partial charge in [0.15, 0.2) is 11.5 Å². The van der Waals surface area contributed by atoms with Crippen LogP contribution in [0.5, 0.6) is 11.5 Å². The minimum absolute atomic E-state index is 0.155. The fourth-order valence-electron chi connectivity index (χ4n) is 1.56. The van der Waals surface area contributed by atoms with Crippen molar-refractivity contribution >= 4 is 13.6 Å². The smallest absolute Gasteiger partial charge is 0.454 e. The zero-order valence-electron chi connectivity index (χ0n) is 11.0. The molecule has 0 spiro atoms. The highest BCUT2D eigenvalue weighted by Gasteiger charge is 2.27. The molecule has 0 aliphatic carbocycles. The Hall–Kier alpha value is -1.93. The van der Waals surface area contributed by atoms with Gasteiger partial charge >= 0.3 is 7.82 Å². The van der Waals surface area contributed by atoms with Crippen molar-refractivity contribution in [3.63, 3.8) is 0 Å². The van der Waals surface area contributed by atoms with Crippen LogP contribution in [0.25, 0.3) is 5.76 Å². The summed E-state index contributed by atoms with van der Waals surface area (Å²) in [5.74, 6) is 3.67. The molecule has 1 aliphatic rings. The van der Waals surface area contributed by atoms with Crippen LogP contribution in [0.4, 0.5) is 0 Å². The maximum atomic E-state index is 12.0. The molecule has 0 unspecified atom stereocenters. The summed E-state index contributed by atoms with van der Waals surface area (Å²) in [6, 6.07) is 5.07. The molecule has 0 saturated carbocycles. The molecule has 0 saturated heterocycles. The molecular formula is C13H13O6P. The number of hydrogen-bond donors (Lipinski definition) is 0. The van der Waals surface area contributed by atoms with Gasteiger partial charge in [0.25, 0.3) is 0 Å². The summed E-state index contributed by atoms with van der Waals surface area (Å²) < 4.78 is 37.2. The molecule has 20 heavy (non-hydrogen) atoms. The number of ether oxygens (including phenoxy) is 2. The van der Waals surface area contributed by atoms with Crippen molar-refractivity contribution in [2.24, 2.45) is 0 Å². The predicted octanol–water partition coefficient (Wildman–Crippen LogP) is 2.81. The van der Waals surface area contributed by atoms with Gasteiger partial charge in [0.1, 0.15) is 5.76 Å². The quantitative estimate of drug-likeness (QED) is 0.473. The molecular weight excluding hydrogens is 283 g/mol. The zero-order valence-corrected chi connectivity index (χ0v) is 11.9. The summed E-state index contributed by atoms with van der Waals surface area (Å²) in [5.41, 5.74) is 0.571. The molecule has 2 rings (SSSR count). The van der Waals surface area contributed by atoms with Gasteiger partial charge < -0.3 is 14.0 Å². The first kappa shape index (κ1) is 14.5. The van der Waals surface area contributed by atoms with Crippen molar-refractivity contribution in [1.29, 1.82) is 0 Å². The Morgan fingerprint density at radius 2 is 2.05 bits per heavy atom. The molecule has 7 heteroatoms. The topological polar surface area (TPSA) is 63.2 Å². The van der Waals surface area contributed by atoms with E-state index in [4.69, 9.17) is 29.5 Å². The third-order valence-corrected chi connectivity index (χ3v) is 3.84. The molecule has 1 aromatic carbocycles. The summed E-state index contributed by atoms with van der Waals surface area (Å²) in [6.45, 7) is 0.155. The second-order valence-electron chi connectivity index (χ2n) is 3.65. The first-order valence-corrected chi connectivity index (χ1v) is 7.05. The second-order valence-corrected chi connectivity index (χ2v) is 5.45. The van der Waals surface area contributed by atoms with Crippen molar-refractivity contribution < 1.29 is 27.6 Å². The predicted molar refractivity (Wildman–Crippen MR) is 72.1 cm³/mol. The Balaban J connectivity index is 2.33. The molecule has 0 aromatic heterocycles. The molecule has 0 bridgehead atoms. The van der Waals surface area contributed by atoms with E-state index in [1.54, 1.807) is 18.2 Å². The fraction of sp³-hybridized carbons (Fsp3) is 0.231. The minimum atomic E-state index is -3.69. The van der Waals surface area contributed by atoms with Crippen molar-refractivity contribution in [1.82, 2.24) is 0 Å².